The van der Waals surface area contributed by atoms with Gasteiger partial charge >= 0.3 is 0 Å². The van der Waals surface area contributed by atoms with E-state index in [1.807, 2.05) is 0 Å². The summed E-state index contributed by atoms with van der Waals surface area (Å²) in [5, 5.41) is 3.34. The van der Waals surface area contributed by atoms with Crippen LogP contribution in [-0.2, 0) is 4.79 Å². The molecule has 1 fully saturated rings. The molecule has 3 heteroatoms. The molecule has 106 valence electrons. The van der Waals surface area contributed by atoms with Gasteiger partial charge in [-0.2, -0.15) is 0 Å². The third kappa shape index (κ3) is 4.69. The van der Waals surface area contributed by atoms with E-state index in [-0.39, 0.29) is 5.54 Å². The Morgan fingerprint density at radius 2 is 1.72 bits per heavy atom. The zero-order chi connectivity index (χ0) is 13.4. The molecular weight excluding hydrogens is 224 g/mol. The van der Waals surface area contributed by atoms with Gasteiger partial charge in [-0.15, -0.1) is 0 Å². The molecule has 0 radical (unpaired) electrons. The molecular formula is C15H30N2O. The molecule has 0 aromatic heterocycles. The molecule has 0 aromatic rings. The first-order valence-corrected chi connectivity index (χ1v) is 7.58. The highest BCUT2D eigenvalue weighted by atomic mass is 16.1. The van der Waals surface area contributed by atoms with Gasteiger partial charge < -0.3 is 5.32 Å². The number of ketones is 1. The van der Waals surface area contributed by atoms with Crippen LogP contribution in [0, 0.1) is 0 Å². The van der Waals surface area contributed by atoms with Crippen LogP contribution in [0.2, 0.25) is 0 Å². The quantitative estimate of drug-likeness (QED) is 0.676. The maximum atomic E-state index is 12.3. The maximum absolute atomic E-state index is 12.3. The summed E-state index contributed by atoms with van der Waals surface area (Å²) >= 11 is 0. The summed E-state index contributed by atoms with van der Waals surface area (Å²) in [7, 11) is 0. The Bertz CT molecular complexity index is 245. The fourth-order valence-corrected chi connectivity index (χ4v) is 2.60. The van der Waals surface area contributed by atoms with E-state index in [0.29, 0.717) is 5.78 Å². The van der Waals surface area contributed by atoms with Crippen molar-refractivity contribution >= 4 is 5.78 Å². The minimum absolute atomic E-state index is 0.271. The van der Waals surface area contributed by atoms with Gasteiger partial charge in [-0.25, -0.2) is 0 Å². The summed E-state index contributed by atoms with van der Waals surface area (Å²) in [4.78, 5) is 14.7. The second kappa shape index (κ2) is 7.90. The highest BCUT2D eigenvalue weighted by molar-refractivity contribution is 5.87. The summed E-state index contributed by atoms with van der Waals surface area (Å²) in [6.45, 7) is 10.4. The van der Waals surface area contributed by atoms with Crippen LogP contribution in [0.1, 0.15) is 59.3 Å². The molecule has 3 nitrogen and oxygen atoms in total. The van der Waals surface area contributed by atoms with Crippen LogP contribution >= 0.6 is 0 Å². The SMILES string of the molecule is CCCCCCCC(=O)C(C)(C)N1CCNCC1. The molecule has 1 N–H and O–H groups in total. The van der Waals surface area contributed by atoms with Gasteiger partial charge in [-0.3, -0.25) is 9.69 Å². The van der Waals surface area contributed by atoms with E-state index >= 15 is 0 Å². The maximum Gasteiger partial charge on any atom is 0.152 e. The van der Waals surface area contributed by atoms with Crippen molar-refractivity contribution in [2.75, 3.05) is 26.2 Å². The van der Waals surface area contributed by atoms with Crippen molar-refractivity contribution in [2.45, 2.75) is 64.8 Å². The average Bonchev–Trinajstić information content (AvgIpc) is 2.39. The molecule has 1 aliphatic heterocycles. The second-order valence-corrected chi connectivity index (χ2v) is 5.88. The lowest BCUT2D eigenvalue weighted by atomic mass is 9.92. The number of piperazine rings is 1. The van der Waals surface area contributed by atoms with Gasteiger partial charge in [0.1, 0.15) is 0 Å². The van der Waals surface area contributed by atoms with E-state index in [4.69, 9.17) is 0 Å². The minimum atomic E-state index is -0.271. The highest BCUT2D eigenvalue weighted by Crippen LogP contribution is 2.19. The van der Waals surface area contributed by atoms with Crippen LogP contribution in [0.25, 0.3) is 0 Å². The smallest absolute Gasteiger partial charge is 0.152 e. The minimum Gasteiger partial charge on any atom is -0.314 e. The van der Waals surface area contributed by atoms with Gasteiger partial charge in [0.2, 0.25) is 0 Å². The summed E-state index contributed by atoms with van der Waals surface area (Å²) in [5.41, 5.74) is -0.271. The van der Waals surface area contributed by atoms with Crippen molar-refractivity contribution in [1.29, 1.82) is 0 Å². The Hall–Kier alpha value is -0.410. The van der Waals surface area contributed by atoms with Crippen molar-refractivity contribution in [3.63, 3.8) is 0 Å². The number of carbonyl (C=O) groups is 1. The number of unbranched alkanes of at least 4 members (excludes halogenated alkanes) is 4. The zero-order valence-electron chi connectivity index (χ0n) is 12.4. The van der Waals surface area contributed by atoms with Crippen LogP contribution < -0.4 is 5.32 Å². The molecule has 0 aromatic carbocycles. The fourth-order valence-electron chi connectivity index (χ4n) is 2.60. The molecule has 0 aliphatic carbocycles. The summed E-state index contributed by atoms with van der Waals surface area (Å²) in [6, 6.07) is 0. The van der Waals surface area contributed by atoms with Crippen LogP contribution in [0.4, 0.5) is 0 Å². The molecule has 0 bridgehead atoms. The predicted octanol–water partition coefficient (Wildman–Crippen LogP) is 2.60. The van der Waals surface area contributed by atoms with Crippen LogP contribution in [0.3, 0.4) is 0 Å². The third-order valence-electron chi connectivity index (χ3n) is 4.10. The molecule has 18 heavy (non-hydrogen) atoms. The lowest BCUT2D eigenvalue weighted by Crippen LogP contribution is -2.57. The lowest BCUT2D eigenvalue weighted by Gasteiger charge is -2.40. The van der Waals surface area contributed by atoms with E-state index in [0.717, 1.165) is 39.0 Å². The fraction of sp³-hybridized carbons (Fsp3) is 0.933. The number of hydrogen-bond acceptors (Lipinski definition) is 3. The number of Topliss-reactive ketones (excluding diaryl/α,β-unsaturated/α-hetero) is 1. The third-order valence-corrected chi connectivity index (χ3v) is 4.10. The zero-order valence-corrected chi connectivity index (χ0v) is 12.4. The van der Waals surface area contributed by atoms with E-state index in [9.17, 15) is 4.79 Å². The normalized spacial score (nSPS) is 17.9. The number of hydrogen-bond donors (Lipinski definition) is 1. The first kappa shape index (κ1) is 15.6. The molecule has 0 amide bonds. The number of nitrogens with one attached hydrogen (secondary N) is 1. The van der Waals surface area contributed by atoms with E-state index < -0.39 is 0 Å². The van der Waals surface area contributed by atoms with E-state index in [1.54, 1.807) is 0 Å². The Morgan fingerprint density at radius 1 is 1.11 bits per heavy atom. The van der Waals surface area contributed by atoms with Gasteiger partial charge in [0.15, 0.2) is 5.78 Å². The topological polar surface area (TPSA) is 32.3 Å². The van der Waals surface area contributed by atoms with Gasteiger partial charge in [0, 0.05) is 32.6 Å². The number of rotatable bonds is 8. The van der Waals surface area contributed by atoms with Gasteiger partial charge in [0.05, 0.1) is 5.54 Å². The molecule has 0 saturated carbocycles. The Kier molecular flexibility index (Phi) is 6.87. The summed E-state index contributed by atoms with van der Waals surface area (Å²) in [6.07, 6.45) is 6.86. The second-order valence-electron chi connectivity index (χ2n) is 5.88. The standard InChI is InChI=1S/C15H30N2O/c1-4-5-6-7-8-9-14(18)15(2,3)17-12-10-16-11-13-17/h16H,4-13H2,1-3H3. The van der Waals surface area contributed by atoms with Crippen LogP contribution in [0.5, 0.6) is 0 Å². The van der Waals surface area contributed by atoms with Crippen LogP contribution in [0.15, 0.2) is 0 Å². The van der Waals surface area contributed by atoms with Crippen molar-refractivity contribution < 1.29 is 4.79 Å². The number of carbonyl (C=O) groups excluding carboxylic acids is 1. The molecule has 1 rings (SSSR count). The van der Waals surface area contributed by atoms with Gasteiger partial charge in [-0.05, 0) is 20.3 Å². The first-order chi connectivity index (χ1) is 8.59. The number of nitrogens with zero attached hydrogens (tertiary/aromatic N) is 1. The highest BCUT2D eigenvalue weighted by Gasteiger charge is 2.33. The Labute approximate surface area is 112 Å². The molecule has 1 saturated heterocycles. The largest absolute Gasteiger partial charge is 0.314 e. The van der Waals surface area contributed by atoms with Gasteiger partial charge in [-0.1, -0.05) is 32.6 Å². The van der Waals surface area contributed by atoms with Crippen molar-refractivity contribution in [3.05, 3.63) is 0 Å². The molecule has 0 atom stereocenters. The van der Waals surface area contributed by atoms with Crippen LogP contribution in [-0.4, -0.2) is 42.4 Å². The molecule has 1 heterocycles. The predicted molar refractivity (Wildman–Crippen MR) is 76.9 cm³/mol. The molecule has 0 unspecified atom stereocenters. The monoisotopic (exact) mass is 254 g/mol. The Morgan fingerprint density at radius 3 is 2.33 bits per heavy atom. The summed E-state index contributed by atoms with van der Waals surface area (Å²) < 4.78 is 0. The average molecular weight is 254 g/mol. The van der Waals surface area contributed by atoms with E-state index in [2.05, 4.69) is 31.0 Å². The van der Waals surface area contributed by atoms with Crippen molar-refractivity contribution in [1.82, 2.24) is 10.2 Å². The molecule has 1 aliphatic rings. The van der Waals surface area contributed by atoms with E-state index in [1.165, 1.54) is 25.7 Å². The summed E-state index contributed by atoms with van der Waals surface area (Å²) in [5.74, 6) is 0.417. The van der Waals surface area contributed by atoms with Crippen molar-refractivity contribution in [3.8, 4) is 0 Å². The Balaban J connectivity index is 2.29. The van der Waals surface area contributed by atoms with Crippen molar-refractivity contribution in [2.24, 2.45) is 0 Å². The lowest BCUT2D eigenvalue weighted by molar-refractivity contribution is -0.130. The molecule has 0 spiro atoms. The van der Waals surface area contributed by atoms with Gasteiger partial charge in [0.25, 0.3) is 0 Å². The first-order valence-electron chi connectivity index (χ1n) is 7.58.